The van der Waals surface area contributed by atoms with Crippen molar-refractivity contribution >= 4 is 22.7 Å². The van der Waals surface area contributed by atoms with E-state index in [1.165, 1.54) is 20.7 Å². The van der Waals surface area contributed by atoms with E-state index in [0.29, 0.717) is 11.4 Å². The molecule has 4 aromatic heterocycles. The van der Waals surface area contributed by atoms with Gasteiger partial charge in [0.25, 0.3) is 11.1 Å². The van der Waals surface area contributed by atoms with Crippen molar-refractivity contribution in [1.82, 2.24) is 9.35 Å². The highest BCUT2D eigenvalue weighted by Gasteiger charge is 2.18. The fraction of sp³-hybridized carbons (Fsp3) is 0. The van der Waals surface area contributed by atoms with Crippen molar-refractivity contribution in [1.29, 1.82) is 0 Å². The molecule has 0 unspecified atom stereocenters. The minimum Gasteiger partial charge on any atom is -0.267 e. The van der Waals surface area contributed by atoms with Gasteiger partial charge >= 0.3 is 0 Å². The summed E-state index contributed by atoms with van der Waals surface area (Å²) < 4.78 is 3.00. The largest absolute Gasteiger partial charge is 0.270 e. The van der Waals surface area contributed by atoms with Crippen LogP contribution in [0, 0.1) is 0 Å². The van der Waals surface area contributed by atoms with Gasteiger partial charge in [0.1, 0.15) is 0 Å². The third-order valence-electron chi connectivity index (χ3n) is 6.02. The Balaban J connectivity index is 1.67. The van der Waals surface area contributed by atoms with Crippen LogP contribution in [0.3, 0.4) is 0 Å². The zero-order valence-electron chi connectivity index (χ0n) is 19.1. The molecule has 0 amide bonds. The van der Waals surface area contributed by atoms with Crippen molar-refractivity contribution < 1.29 is 0 Å². The molecule has 0 spiro atoms. The maximum absolute atomic E-state index is 13.8. The third kappa shape index (κ3) is 4.06. The van der Waals surface area contributed by atoms with Crippen molar-refractivity contribution in [3.05, 3.63) is 140 Å². The molecular formula is C30H20N2O2S2. The lowest BCUT2D eigenvalue weighted by Crippen LogP contribution is -2.36. The summed E-state index contributed by atoms with van der Waals surface area (Å²) in [4.78, 5) is 28.4. The molecular weight excluding hydrogens is 484 g/mol. The molecule has 4 heterocycles. The quantitative estimate of drug-likeness (QED) is 0.251. The van der Waals surface area contributed by atoms with Crippen molar-refractivity contribution in [3.63, 3.8) is 0 Å². The molecule has 36 heavy (non-hydrogen) atoms. The average Bonchev–Trinajstić information content (AvgIpc) is 3.64. The third-order valence-corrected chi connectivity index (χ3v) is 7.60. The van der Waals surface area contributed by atoms with Crippen LogP contribution < -0.4 is 11.1 Å². The highest BCUT2D eigenvalue weighted by Crippen LogP contribution is 2.31. The molecule has 6 aromatic rings. The van der Waals surface area contributed by atoms with Gasteiger partial charge in [0.05, 0.1) is 16.3 Å². The first-order valence-electron chi connectivity index (χ1n) is 11.4. The predicted octanol–water partition coefficient (Wildman–Crippen LogP) is 7.11. The van der Waals surface area contributed by atoms with E-state index in [9.17, 15) is 9.59 Å². The molecule has 0 aliphatic rings. The van der Waals surface area contributed by atoms with Gasteiger partial charge in [-0.1, -0.05) is 66.7 Å². The Morgan fingerprint density at radius 3 is 1.61 bits per heavy atom. The molecule has 0 N–H and O–H groups in total. The van der Waals surface area contributed by atoms with E-state index in [1.54, 1.807) is 23.5 Å². The summed E-state index contributed by atoms with van der Waals surface area (Å²) in [7, 11) is 0. The van der Waals surface area contributed by atoms with E-state index >= 15 is 0 Å². The number of rotatable bonds is 5. The summed E-state index contributed by atoms with van der Waals surface area (Å²) >= 11 is 3.08. The number of pyridine rings is 2. The van der Waals surface area contributed by atoms with Crippen LogP contribution in [0.4, 0.5) is 0 Å². The second kappa shape index (κ2) is 9.41. The van der Waals surface area contributed by atoms with Crippen molar-refractivity contribution in [2.75, 3.05) is 0 Å². The topological polar surface area (TPSA) is 44.0 Å². The monoisotopic (exact) mass is 504 g/mol. The van der Waals surface area contributed by atoms with E-state index in [1.807, 2.05) is 107 Å². The predicted molar refractivity (Wildman–Crippen MR) is 150 cm³/mol. The van der Waals surface area contributed by atoms with Crippen LogP contribution in [-0.4, -0.2) is 9.35 Å². The van der Waals surface area contributed by atoms with Gasteiger partial charge in [-0.2, -0.15) is 11.3 Å². The second-order valence-corrected chi connectivity index (χ2v) is 10.0. The molecule has 0 atom stereocenters. The molecule has 174 valence electrons. The molecule has 4 nitrogen and oxygen atoms in total. The van der Waals surface area contributed by atoms with Gasteiger partial charge in [-0.15, -0.1) is 11.3 Å². The first-order valence-corrected chi connectivity index (χ1v) is 13.2. The van der Waals surface area contributed by atoms with Crippen molar-refractivity contribution in [2.24, 2.45) is 0 Å². The molecule has 0 fully saturated rings. The van der Waals surface area contributed by atoms with Gasteiger partial charge in [0.2, 0.25) is 0 Å². The molecule has 0 saturated heterocycles. The Hall–Kier alpha value is -4.26. The minimum absolute atomic E-state index is 0.272. The van der Waals surface area contributed by atoms with Gasteiger partial charge in [-0.3, -0.25) is 9.59 Å². The van der Waals surface area contributed by atoms with E-state index in [2.05, 4.69) is 0 Å². The van der Waals surface area contributed by atoms with Gasteiger partial charge in [-0.25, -0.2) is 9.35 Å². The van der Waals surface area contributed by atoms with Crippen LogP contribution in [0.5, 0.6) is 0 Å². The zero-order valence-corrected chi connectivity index (χ0v) is 20.7. The summed E-state index contributed by atoms with van der Waals surface area (Å²) in [5.41, 5.74) is 5.18. The average molecular weight is 505 g/mol. The van der Waals surface area contributed by atoms with Gasteiger partial charge < -0.3 is 0 Å². The Labute approximate surface area is 215 Å². The zero-order chi connectivity index (χ0) is 24.5. The molecule has 0 aliphatic heterocycles. The Bertz CT molecular complexity index is 1620. The lowest BCUT2D eigenvalue weighted by Gasteiger charge is -2.20. The van der Waals surface area contributed by atoms with Crippen LogP contribution in [0.25, 0.3) is 44.1 Å². The minimum atomic E-state index is -0.273. The van der Waals surface area contributed by atoms with E-state index in [-0.39, 0.29) is 11.1 Å². The SMILES string of the molecule is O=c1cc(-c2ccccc2)cc(-c2ccsc2)n1-n1c(-c2cccs2)cc(-c2ccccc2)cc1=O. The first kappa shape index (κ1) is 22.2. The normalized spacial score (nSPS) is 11.0. The summed E-state index contributed by atoms with van der Waals surface area (Å²) in [6, 6.07) is 32.7. The Kier molecular flexibility index (Phi) is 5.81. The van der Waals surface area contributed by atoms with E-state index < -0.39 is 0 Å². The first-order chi connectivity index (χ1) is 17.7. The summed E-state index contributed by atoms with van der Waals surface area (Å²) in [5.74, 6) is 0. The molecule has 0 radical (unpaired) electrons. The Morgan fingerprint density at radius 1 is 0.500 bits per heavy atom. The van der Waals surface area contributed by atoms with Crippen LogP contribution in [0.15, 0.2) is 129 Å². The molecule has 6 heteroatoms. The van der Waals surface area contributed by atoms with Crippen LogP contribution in [0.1, 0.15) is 0 Å². The van der Waals surface area contributed by atoms with Crippen molar-refractivity contribution in [2.45, 2.75) is 0 Å². The maximum Gasteiger partial charge on any atom is 0.270 e. The van der Waals surface area contributed by atoms with Crippen LogP contribution >= 0.6 is 22.7 Å². The number of nitrogens with zero attached hydrogens (tertiary/aromatic N) is 2. The van der Waals surface area contributed by atoms with Crippen LogP contribution in [0.2, 0.25) is 0 Å². The second-order valence-electron chi connectivity index (χ2n) is 8.28. The summed E-state index contributed by atoms with van der Waals surface area (Å²) in [6.07, 6.45) is 0. The maximum atomic E-state index is 13.8. The van der Waals surface area contributed by atoms with Gasteiger partial charge in [0.15, 0.2) is 0 Å². The standard InChI is InChI=1S/C30H20N2O2S2/c33-29-18-24(21-8-3-1-4-9-21)16-26(23-13-15-35-20-23)31(29)32-27(28-12-7-14-36-28)17-25(19-30(32)34)22-10-5-2-6-11-22/h1-20H. The van der Waals surface area contributed by atoms with E-state index in [0.717, 1.165) is 32.7 Å². The fourth-order valence-corrected chi connectivity index (χ4v) is 5.73. The number of hydrogen-bond donors (Lipinski definition) is 0. The van der Waals surface area contributed by atoms with Gasteiger partial charge in [-0.05, 0) is 57.3 Å². The van der Waals surface area contributed by atoms with Crippen molar-refractivity contribution in [3.8, 4) is 44.1 Å². The number of thiophene rings is 2. The lowest BCUT2D eigenvalue weighted by atomic mass is 10.0. The molecule has 0 saturated carbocycles. The fourth-order valence-electron chi connectivity index (χ4n) is 4.35. The van der Waals surface area contributed by atoms with E-state index in [4.69, 9.17) is 0 Å². The number of hydrogen-bond acceptors (Lipinski definition) is 4. The van der Waals surface area contributed by atoms with Gasteiger partial charge in [0, 0.05) is 23.1 Å². The highest BCUT2D eigenvalue weighted by atomic mass is 32.1. The highest BCUT2D eigenvalue weighted by molar-refractivity contribution is 7.13. The summed E-state index contributed by atoms with van der Waals surface area (Å²) in [6.45, 7) is 0. The number of benzene rings is 2. The Morgan fingerprint density at radius 2 is 1.08 bits per heavy atom. The molecule has 6 rings (SSSR count). The van der Waals surface area contributed by atoms with Crippen LogP contribution in [-0.2, 0) is 0 Å². The number of aromatic nitrogens is 2. The molecule has 2 aromatic carbocycles. The lowest BCUT2D eigenvalue weighted by molar-refractivity contribution is 0.621. The summed E-state index contributed by atoms with van der Waals surface area (Å²) in [5, 5.41) is 5.94. The molecule has 0 bridgehead atoms. The molecule has 0 aliphatic carbocycles. The smallest absolute Gasteiger partial charge is 0.267 e.